The zero-order chi connectivity index (χ0) is 14.8. The van der Waals surface area contributed by atoms with Crippen molar-refractivity contribution < 1.29 is 9.13 Å². The van der Waals surface area contributed by atoms with Crippen LogP contribution in [0.25, 0.3) is 0 Å². The summed E-state index contributed by atoms with van der Waals surface area (Å²) in [7, 11) is 0. The van der Waals surface area contributed by atoms with E-state index in [2.05, 4.69) is 18.7 Å². The molecular weight excluding hydrogens is 279 g/mol. The molecule has 0 amide bonds. The summed E-state index contributed by atoms with van der Waals surface area (Å²) in [5.41, 5.74) is 7.09. The number of rotatable bonds is 4. The van der Waals surface area contributed by atoms with Gasteiger partial charge < -0.3 is 10.5 Å². The largest absolute Gasteiger partial charge is 0.379 e. The second kappa shape index (κ2) is 6.39. The van der Waals surface area contributed by atoms with E-state index in [9.17, 15) is 4.39 Å². The maximum absolute atomic E-state index is 13.5. The van der Waals surface area contributed by atoms with Crippen LogP contribution in [0.2, 0.25) is 5.02 Å². The first kappa shape index (κ1) is 15.7. The lowest BCUT2D eigenvalue weighted by Crippen LogP contribution is -2.59. The number of ether oxygens (including phenoxy) is 1. The molecule has 1 aliphatic heterocycles. The number of nitrogens with zero attached hydrogens (tertiary/aromatic N) is 1. The summed E-state index contributed by atoms with van der Waals surface area (Å²) < 4.78 is 18.9. The minimum Gasteiger partial charge on any atom is -0.379 e. The molecule has 1 unspecified atom stereocenters. The van der Waals surface area contributed by atoms with E-state index in [1.165, 1.54) is 6.07 Å². The molecule has 2 rings (SSSR count). The number of hydrogen-bond donors (Lipinski definition) is 1. The van der Waals surface area contributed by atoms with Crippen molar-refractivity contribution in [2.75, 3.05) is 26.3 Å². The third-order valence-electron chi connectivity index (χ3n) is 4.17. The summed E-state index contributed by atoms with van der Waals surface area (Å²) in [6, 6.07) is 4.81. The van der Waals surface area contributed by atoms with Crippen LogP contribution < -0.4 is 5.73 Å². The van der Waals surface area contributed by atoms with Gasteiger partial charge in [-0.25, -0.2) is 4.39 Å². The molecule has 0 saturated carbocycles. The third-order valence-corrected chi connectivity index (χ3v) is 4.48. The Labute approximate surface area is 124 Å². The molecule has 2 N–H and O–H groups in total. The van der Waals surface area contributed by atoms with Crippen LogP contribution in [0.5, 0.6) is 0 Å². The average molecular weight is 301 g/mol. The highest BCUT2D eigenvalue weighted by atomic mass is 35.5. The van der Waals surface area contributed by atoms with Crippen LogP contribution in [0.4, 0.5) is 4.39 Å². The zero-order valence-electron chi connectivity index (χ0n) is 12.0. The van der Waals surface area contributed by atoms with Crippen LogP contribution in [-0.2, 0) is 11.2 Å². The van der Waals surface area contributed by atoms with Crippen LogP contribution in [-0.4, -0.2) is 42.8 Å². The van der Waals surface area contributed by atoms with Crippen LogP contribution >= 0.6 is 11.6 Å². The standard InChI is InChI=1S/C15H22ClFN2O/c1-15(2,19-5-7-20-8-6-19)14(18)10-11-3-4-12(16)13(17)9-11/h3-4,9,14H,5-8,10,18H2,1-2H3. The van der Waals surface area contributed by atoms with Crippen LogP contribution in [0.15, 0.2) is 18.2 Å². The highest BCUT2D eigenvalue weighted by molar-refractivity contribution is 6.30. The fourth-order valence-electron chi connectivity index (χ4n) is 2.54. The van der Waals surface area contributed by atoms with Gasteiger partial charge in [-0.2, -0.15) is 0 Å². The van der Waals surface area contributed by atoms with Gasteiger partial charge >= 0.3 is 0 Å². The molecule has 1 atom stereocenters. The van der Waals surface area contributed by atoms with Gasteiger partial charge in [0, 0.05) is 24.7 Å². The predicted molar refractivity (Wildman–Crippen MR) is 79.6 cm³/mol. The van der Waals surface area contributed by atoms with Crippen molar-refractivity contribution in [3.8, 4) is 0 Å². The molecule has 0 radical (unpaired) electrons. The van der Waals surface area contributed by atoms with Crippen molar-refractivity contribution in [3.05, 3.63) is 34.6 Å². The van der Waals surface area contributed by atoms with Crippen molar-refractivity contribution in [1.82, 2.24) is 4.90 Å². The summed E-state index contributed by atoms with van der Waals surface area (Å²) >= 11 is 5.70. The molecular formula is C15H22ClFN2O. The van der Waals surface area contributed by atoms with Crippen molar-refractivity contribution in [3.63, 3.8) is 0 Å². The second-order valence-corrected chi connectivity index (χ2v) is 6.22. The van der Waals surface area contributed by atoms with Crippen molar-refractivity contribution in [2.45, 2.75) is 31.8 Å². The lowest BCUT2D eigenvalue weighted by molar-refractivity contribution is -0.0186. The third kappa shape index (κ3) is 3.50. The van der Waals surface area contributed by atoms with Crippen LogP contribution in [0, 0.1) is 5.82 Å². The smallest absolute Gasteiger partial charge is 0.142 e. The van der Waals surface area contributed by atoms with Gasteiger partial charge in [0.1, 0.15) is 5.82 Å². The molecule has 1 heterocycles. The normalized spacial score (nSPS) is 19.1. The molecule has 5 heteroatoms. The molecule has 3 nitrogen and oxygen atoms in total. The lowest BCUT2D eigenvalue weighted by atomic mass is 9.88. The van der Waals surface area contributed by atoms with Gasteiger partial charge in [0.05, 0.1) is 18.2 Å². The SMILES string of the molecule is CC(C)(C(N)Cc1ccc(Cl)c(F)c1)N1CCOCC1. The van der Waals surface area contributed by atoms with Crippen LogP contribution in [0.1, 0.15) is 19.4 Å². The Morgan fingerprint density at radius 2 is 2.05 bits per heavy atom. The van der Waals surface area contributed by atoms with E-state index in [0.29, 0.717) is 6.42 Å². The van der Waals surface area contributed by atoms with E-state index in [-0.39, 0.29) is 22.4 Å². The summed E-state index contributed by atoms with van der Waals surface area (Å²) in [4.78, 5) is 2.34. The molecule has 0 bridgehead atoms. The number of halogens is 2. The topological polar surface area (TPSA) is 38.5 Å². The first-order chi connectivity index (χ1) is 9.41. The van der Waals surface area contributed by atoms with E-state index >= 15 is 0 Å². The Kier molecular flexibility index (Phi) is 5.02. The number of nitrogens with two attached hydrogens (primary N) is 1. The number of morpholine rings is 1. The maximum atomic E-state index is 13.5. The first-order valence-electron chi connectivity index (χ1n) is 6.93. The fourth-order valence-corrected chi connectivity index (χ4v) is 2.66. The Balaban J connectivity index is 2.05. The van der Waals surface area contributed by atoms with Gasteiger partial charge in [-0.3, -0.25) is 4.90 Å². The molecule has 20 heavy (non-hydrogen) atoms. The molecule has 1 aromatic carbocycles. The van der Waals surface area contributed by atoms with Crippen LogP contribution in [0.3, 0.4) is 0 Å². The molecule has 0 aliphatic carbocycles. The minimum absolute atomic E-state index is 0.0822. The molecule has 1 aromatic rings. The Bertz CT molecular complexity index is 461. The summed E-state index contributed by atoms with van der Waals surface area (Å²) in [5.74, 6) is -0.388. The zero-order valence-corrected chi connectivity index (χ0v) is 12.8. The molecule has 112 valence electrons. The van der Waals surface area contributed by atoms with E-state index in [1.54, 1.807) is 6.07 Å². The van der Waals surface area contributed by atoms with Gasteiger partial charge in [-0.1, -0.05) is 17.7 Å². The van der Waals surface area contributed by atoms with Crippen molar-refractivity contribution in [2.24, 2.45) is 5.73 Å². The predicted octanol–water partition coefficient (Wildman–Crippen LogP) is 2.46. The second-order valence-electron chi connectivity index (χ2n) is 5.81. The van der Waals surface area contributed by atoms with Crippen molar-refractivity contribution >= 4 is 11.6 Å². The van der Waals surface area contributed by atoms with Crippen molar-refractivity contribution in [1.29, 1.82) is 0 Å². The fraction of sp³-hybridized carbons (Fsp3) is 0.600. The molecule has 0 spiro atoms. The highest BCUT2D eigenvalue weighted by Gasteiger charge is 2.34. The van der Waals surface area contributed by atoms with E-state index in [1.807, 2.05) is 6.07 Å². The van der Waals surface area contributed by atoms with Gasteiger partial charge in [0.15, 0.2) is 0 Å². The first-order valence-corrected chi connectivity index (χ1v) is 7.31. The Morgan fingerprint density at radius 3 is 2.65 bits per heavy atom. The minimum atomic E-state index is -0.388. The number of hydrogen-bond acceptors (Lipinski definition) is 3. The van der Waals surface area contributed by atoms with Gasteiger partial charge in [-0.15, -0.1) is 0 Å². The Morgan fingerprint density at radius 1 is 1.40 bits per heavy atom. The average Bonchev–Trinajstić information content (AvgIpc) is 2.44. The van der Waals surface area contributed by atoms with E-state index in [0.717, 1.165) is 31.9 Å². The molecule has 1 aliphatic rings. The Hall–Kier alpha value is -0.680. The summed E-state index contributed by atoms with van der Waals surface area (Å²) in [5, 5.41) is 0.148. The molecule has 0 aromatic heterocycles. The van der Waals surface area contributed by atoms with Gasteiger partial charge in [-0.05, 0) is 38.0 Å². The molecule has 1 saturated heterocycles. The summed E-state index contributed by atoms with van der Waals surface area (Å²) in [6.45, 7) is 7.52. The molecule has 1 fully saturated rings. The van der Waals surface area contributed by atoms with Gasteiger partial charge in [0.25, 0.3) is 0 Å². The lowest BCUT2D eigenvalue weighted by Gasteiger charge is -2.44. The quantitative estimate of drug-likeness (QED) is 0.928. The monoisotopic (exact) mass is 300 g/mol. The highest BCUT2D eigenvalue weighted by Crippen LogP contribution is 2.23. The maximum Gasteiger partial charge on any atom is 0.142 e. The van der Waals surface area contributed by atoms with E-state index in [4.69, 9.17) is 22.1 Å². The number of benzene rings is 1. The van der Waals surface area contributed by atoms with E-state index < -0.39 is 0 Å². The summed E-state index contributed by atoms with van der Waals surface area (Å²) in [6.07, 6.45) is 0.623. The van der Waals surface area contributed by atoms with Gasteiger partial charge in [0.2, 0.25) is 0 Å².